The van der Waals surface area contributed by atoms with Gasteiger partial charge in [0.1, 0.15) is 12.5 Å². The van der Waals surface area contributed by atoms with Crippen molar-refractivity contribution in [2.75, 3.05) is 7.11 Å². The van der Waals surface area contributed by atoms with Crippen LogP contribution in [0.4, 0.5) is 0 Å². The maximum atomic E-state index is 12.6. The number of rotatable bonds is 7. The van der Waals surface area contributed by atoms with Gasteiger partial charge in [-0.1, -0.05) is 0 Å². The molecule has 2 aromatic rings. The van der Waals surface area contributed by atoms with Crippen LogP contribution >= 0.6 is 0 Å². The Labute approximate surface area is 126 Å². The lowest BCUT2D eigenvalue weighted by atomic mass is 10.2. The van der Waals surface area contributed by atoms with E-state index in [1.165, 1.54) is 29.5 Å². The molecule has 2 heterocycles. The molecule has 0 radical (unpaired) electrons. The first-order chi connectivity index (χ1) is 10.5. The van der Waals surface area contributed by atoms with Gasteiger partial charge in [-0.15, -0.1) is 0 Å². The number of aryl methyl sites for hydroxylation is 1. The zero-order valence-electron chi connectivity index (χ0n) is 13.0. The van der Waals surface area contributed by atoms with Crippen LogP contribution in [0.2, 0.25) is 0 Å². The molecule has 0 unspecified atom stereocenters. The van der Waals surface area contributed by atoms with Crippen LogP contribution in [-0.2, 0) is 29.9 Å². The molecule has 0 aliphatic rings. The van der Waals surface area contributed by atoms with Crippen molar-refractivity contribution in [3.05, 3.63) is 27.2 Å². The Morgan fingerprint density at radius 2 is 2.05 bits per heavy atom. The van der Waals surface area contributed by atoms with Crippen LogP contribution in [-0.4, -0.2) is 31.6 Å². The number of methoxy groups -OCH3 is 1. The van der Waals surface area contributed by atoms with Crippen LogP contribution < -0.4 is 11.2 Å². The summed E-state index contributed by atoms with van der Waals surface area (Å²) < 4.78 is 9.15. The number of carbonyl (C=O) groups excluding carboxylic acids is 1. The van der Waals surface area contributed by atoms with Gasteiger partial charge in [0.2, 0.25) is 0 Å². The molecule has 0 saturated carbocycles. The molecule has 0 aromatic carbocycles. The van der Waals surface area contributed by atoms with Crippen molar-refractivity contribution in [2.45, 2.75) is 39.5 Å². The standard InChI is InChI=1S/C14H20N4O4/c1-10(19)6-4-5-7-18-13(20)11-12(16(2)14(18)21)15-8-17(11)9-22-3/h8H,4-7,9H2,1-3H3. The minimum Gasteiger partial charge on any atom is -0.364 e. The summed E-state index contributed by atoms with van der Waals surface area (Å²) in [6, 6.07) is 0. The molecular formula is C14H20N4O4. The largest absolute Gasteiger partial charge is 0.364 e. The predicted octanol–water partition coefficient (Wildman–Crippen LogP) is 0.260. The third-order valence-electron chi connectivity index (χ3n) is 3.53. The Kier molecular flexibility index (Phi) is 4.92. The highest BCUT2D eigenvalue weighted by molar-refractivity contribution is 5.75. The number of aromatic nitrogens is 4. The van der Waals surface area contributed by atoms with Crippen LogP contribution in [0.15, 0.2) is 15.9 Å². The number of imidazole rings is 1. The first-order valence-electron chi connectivity index (χ1n) is 7.10. The Morgan fingerprint density at radius 3 is 2.68 bits per heavy atom. The van der Waals surface area contributed by atoms with Gasteiger partial charge in [-0.05, 0) is 19.8 Å². The first-order valence-corrected chi connectivity index (χ1v) is 7.10. The molecule has 8 nitrogen and oxygen atoms in total. The molecule has 0 amide bonds. The normalized spacial score (nSPS) is 11.2. The number of Topliss-reactive ketones (excluding diaryl/α,β-unsaturated/α-hetero) is 1. The van der Waals surface area contributed by atoms with Crippen LogP contribution in [0, 0.1) is 0 Å². The minimum absolute atomic E-state index is 0.105. The second-order valence-electron chi connectivity index (χ2n) is 5.26. The van der Waals surface area contributed by atoms with Crippen LogP contribution in [0.5, 0.6) is 0 Å². The van der Waals surface area contributed by atoms with Crippen molar-refractivity contribution in [1.29, 1.82) is 0 Å². The van der Waals surface area contributed by atoms with Crippen molar-refractivity contribution < 1.29 is 9.53 Å². The van der Waals surface area contributed by atoms with Crippen LogP contribution in [0.25, 0.3) is 11.2 Å². The smallest absolute Gasteiger partial charge is 0.332 e. The van der Waals surface area contributed by atoms with Crippen LogP contribution in [0.3, 0.4) is 0 Å². The molecule has 0 spiro atoms. The molecule has 0 aliphatic carbocycles. The summed E-state index contributed by atoms with van der Waals surface area (Å²) in [6.07, 6.45) is 3.19. The predicted molar refractivity (Wildman–Crippen MR) is 80.8 cm³/mol. The third-order valence-corrected chi connectivity index (χ3v) is 3.53. The molecule has 0 saturated heterocycles. The van der Waals surface area contributed by atoms with Crippen molar-refractivity contribution >= 4 is 16.9 Å². The summed E-state index contributed by atoms with van der Waals surface area (Å²) in [5.41, 5.74) is -0.0963. The number of hydrogen-bond acceptors (Lipinski definition) is 5. The van der Waals surface area contributed by atoms with E-state index >= 15 is 0 Å². The highest BCUT2D eigenvalue weighted by Gasteiger charge is 2.15. The van der Waals surface area contributed by atoms with Gasteiger partial charge in [0.05, 0.1) is 6.33 Å². The molecular weight excluding hydrogens is 288 g/mol. The number of fused-ring (bicyclic) bond motifs is 1. The fraction of sp³-hybridized carbons (Fsp3) is 0.571. The minimum atomic E-state index is -0.400. The average Bonchev–Trinajstić information content (AvgIpc) is 2.88. The molecule has 2 rings (SSSR count). The quantitative estimate of drug-likeness (QED) is 0.685. The Bertz CT molecular complexity index is 800. The van der Waals surface area contributed by atoms with Gasteiger partial charge in [0, 0.05) is 27.1 Å². The molecule has 22 heavy (non-hydrogen) atoms. The van der Waals surface area contributed by atoms with Gasteiger partial charge in [0.25, 0.3) is 5.56 Å². The van der Waals surface area contributed by atoms with Gasteiger partial charge < -0.3 is 14.1 Å². The number of ketones is 1. The highest BCUT2D eigenvalue weighted by atomic mass is 16.5. The lowest BCUT2D eigenvalue weighted by Crippen LogP contribution is -2.39. The lowest BCUT2D eigenvalue weighted by Gasteiger charge is -2.09. The molecule has 0 N–H and O–H groups in total. The van der Waals surface area contributed by atoms with E-state index in [2.05, 4.69) is 4.98 Å². The number of nitrogens with zero attached hydrogens (tertiary/aromatic N) is 4. The maximum absolute atomic E-state index is 12.6. The van der Waals surface area contributed by atoms with E-state index in [0.717, 1.165) is 0 Å². The summed E-state index contributed by atoms with van der Waals surface area (Å²) in [7, 11) is 3.11. The van der Waals surface area contributed by atoms with Gasteiger partial charge >= 0.3 is 5.69 Å². The maximum Gasteiger partial charge on any atom is 0.332 e. The monoisotopic (exact) mass is 308 g/mol. The lowest BCUT2D eigenvalue weighted by molar-refractivity contribution is -0.117. The van der Waals surface area contributed by atoms with E-state index in [9.17, 15) is 14.4 Å². The van der Waals surface area contributed by atoms with Crippen molar-refractivity contribution in [3.63, 3.8) is 0 Å². The summed E-state index contributed by atoms with van der Waals surface area (Å²) in [5.74, 6) is 0.105. The Balaban J connectivity index is 2.41. The topological polar surface area (TPSA) is 88.1 Å². The zero-order valence-corrected chi connectivity index (χ0v) is 13.0. The molecule has 2 aromatic heterocycles. The van der Waals surface area contributed by atoms with Crippen molar-refractivity contribution in [1.82, 2.24) is 18.7 Å². The van der Waals surface area contributed by atoms with E-state index < -0.39 is 5.69 Å². The Hall–Kier alpha value is -2.22. The Morgan fingerprint density at radius 1 is 1.32 bits per heavy atom. The van der Waals surface area contributed by atoms with Gasteiger partial charge in [-0.3, -0.25) is 13.9 Å². The van der Waals surface area contributed by atoms with Crippen molar-refractivity contribution in [3.8, 4) is 0 Å². The average molecular weight is 308 g/mol. The molecule has 8 heteroatoms. The number of unbranched alkanes of at least 4 members (excludes halogenated alkanes) is 1. The highest BCUT2D eigenvalue weighted by Crippen LogP contribution is 2.06. The van der Waals surface area contributed by atoms with Gasteiger partial charge in [0.15, 0.2) is 11.2 Å². The summed E-state index contributed by atoms with van der Waals surface area (Å²) in [4.78, 5) is 39.9. The molecule has 0 bridgehead atoms. The van der Waals surface area contributed by atoms with E-state index in [4.69, 9.17) is 4.74 Å². The molecule has 0 atom stereocenters. The van der Waals surface area contributed by atoms with E-state index in [1.807, 2.05) is 0 Å². The summed E-state index contributed by atoms with van der Waals surface area (Å²) >= 11 is 0. The first kappa shape index (κ1) is 16.2. The molecule has 0 aliphatic heterocycles. The second-order valence-corrected chi connectivity index (χ2v) is 5.26. The number of carbonyl (C=O) groups is 1. The molecule has 0 fully saturated rings. The fourth-order valence-electron chi connectivity index (χ4n) is 2.40. The summed E-state index contributed by atoms with van der Waals surface area (Å²) in [5, 5.41) is 0. The zero-order chi connectivity index (χ0) is 16.3. The van der Waals surface area contributed by atoms with Gasteiger partial charge in [-0.2, -0.15) is 0 Å². The van der Waals surface area contributed by atoms with Crippen LogP contribution in [0.1, 0.15) is 26.2 Å². The summed E-state index contributed by atoms with van der Waals surface area (Å²) in [6.45, 7) is 2.00. The van der Waals surface area contributed by atoms with Crippen molar-refractivity contribution in [2.24, 2.45) is 7.05 Å². The number of ether oxygens (including phenoxy) is 1. The van der Waals surface area contributed by atoms with E-state index in [-0.39, 0.29) is 24.6 Å². The van der Waals surface area contributed by atoms with E-state index in [0.29, 0.717) is 30.4 Å². The molecule has 120 valence electrons. The third kappa shape index (κ3) is 3.01. The SMILES string of the molecule is COCn1cnc2c1c(=O)n(CCCCC(C)=O)c(=O)n2C. The van der Waals surface area contributed by atoms with Gasteiger partial charge in [-0.25, -0.2) is 9.78 Å². The van der Waals surface area contributed by atoms with E-state index in [1.54, 1.807) is 11.6 Å². The fourth-order valence-corrected chi connectivity index (χ4v) is 2.40. The number of hydrogen-bond donors (Lipinski definition) is 0. The second kappa shape index (κ2) is 6.69.